The maximum atomic E-state index is 13.5. The van der Waals surface area contributed by atoms with Crippen molar-refractivity contribution in [2.24, 2.45) is 0 Å². The van der Waals surface area contributed by atoms with Crippen molar-refractivity contribution in [2.45, 2.75) is 6.61 Å². The Hall–Kier alpha value is -2.01. The molecule has 0 radical (unpaired) electrons. The molecule has 0 fully saturated rings. The van der Waals surface area contributed by atoms with Gasteiger partial charge in [0.1, 0.15) is 6.61 Å². The van der Waals surface area contributed by atoms with Crippen LogP contribution in [0.4, 0.5) is 4.39 Å². The van der Waals surface area contributed by atoms with Crippen molar-refractivity contribution in [3.8, 4) is 17.0 Å². The third kappa shape index (κ3) is 2.39. The normalized spacial score (nSPS) is 10.3. The molecule has 1 N–H and O–H groups in total. The summed E-state index contributed by atoms with van der Waals surface area (Å²) in [5.74, 6) is 0.0399. The van der Waals surface area contributed by atoms with Crippen molar-refractivity contribution in [3.63, 3.8) is 0 Å². The van der Waals surface area contributed by atoms with Crippen LogP contribution in [0.5, 0.6) is 5.75 Å². The van der Waals surface area contributed by atoms with Crippen LogP contribution in [0.3, 0.4) is 0 Å². The Balaban J connectivity index is 2.42. The lowest BCUT2D eigenvalue weighted by atomic mass is 10.1. The molecule has 1 aromatic heterocycles. The highest BCUT2D eigenvalue weighted by molar-refractivity contribution is 5.60. The molecule has 0 spiro atoms. The largest absolute Gasteiger partial charge is 0.494 e. The molecule has 4 nitrogen and oxygen atoms in total. The second-order valence-corrected chi connectivity index (χ2v) is 3.37. The molecule has 0 unspecified atom stereocenters. The minimum absolute atomic E-state index is 0.185. The predicted molar refractivity (Wildman–Crippen MR) is 59.9 cm³/mol. The van der Waals surface area contributed by atoms with Gasteiger partial charge in [-0.1, -0.05) is 0 Å². The van der Waals surface area contributed by atoms with E-state index in [0.29, 0.717) is 17.1 Å². The third-order valence-electron chi connectivity index (χ3n) is 2.29. The van der Waals surface area contributed by atoms with E-state index in [1.807, 2.05) is 0 Å². The zero-order chi connectivity index (χ0) is 12.3. The maximum absolute atomic E-state index is 13.5. The molecule has 1 aromatic carbocycles. The molecule has 0 amide bonds. The average Bonchev–Trinajstić information content (AvgIpc) is 2.38. The first-order valence-corrected chi connectivity index (χ1v) is 5.01. The van der Waals surface area contributed by atoms with Crippen molar-refractivity contribution in [1.29, 1.82) is 0 Å². The van der Waals surface area contributed by atoms with Crippen LogP contribution in [-0.4, -0.2) is 22.2 Å². The number of halogens is 1. The van der Waals surface area contributed by atoms with E-state index in [1.165, 1.54) is 25.4 Å². The molecule has 2 rings (SSSR count). The second kappa shape index (κ2) is 4.88. The van der Waals surface area contributed by atoms with Crippen molar-refractivity contribution in [3.05, 3.63) is 42.1 Å². The van der Waals surface area contributed by atoms with E-state index in [-0.39, 0.29) is 12.4 Å². The molecule has 0 aliphatic rings. The van der Waals surface area contributed by atoms with Crippen molar-refractivity contribution in [2.75, 3.05) is 7.11 Å². The Morgan fingerprint density at radius 2 is 2.18 bits per heavy atom. The Kier molecular flexibility index (Phi) is 3.30. The summed E-state index contributed by atoms with van der Waals surface area (Å²) < 4.78 is 18.3. The number of hydrogen-bond donors (Lipinski definition) is 1. The number of benzene rings is 1. The van der Waals surface area contributed by atoms with E-state index >= 15 is 0 Å². The molecule has 0 atom stereocenters. The van der Waals surface area contributed by atoms with Crippen LogP contribution in [0.2, 0.25) is 0 Å². The van der Waals surface area contributed by atoms with Crippen molar-refractivity contribution < 1.29 is 14.2 Å². The fraction of sp³-hybridized carbons (Fsp3) is 0.167. The molecular weight excluding hydrogens is 223 g/mol. The van der Waals surface area contributed by atoms with Crippen LogP contribution in [0, 0.1) is 5.82 Å². The van der Waals surface area contributed by atoms with Crippen LogP contribution in [0.15, 0.2) is 30.5 Å². The number of aliphatic hydroxyl groups excluding tert-OH is 1. The van der Waals surface area contributed by atoms with E-state index in [1.54, 1.807) is 12.1 Å². The first-order valence-electron chi connectivity index (χ1n) is 5.01. The lowest BCUT2D eigenvalue weighted by Gasteiger charge is -2.05. The summed E-state index contributed by atoms with van der Waals surface area (Å²) in [6, 6.07) is 6.22. The van der Waals surface area contributed by atoms with Gasteiger partial charge in [-0.05, 0) is 24.3 Å². The van der Waals surface area contributed by atoms with E-state index in [9.17, 15) is 4.39 Å². The Morgan fingerprint density at radius 1 is 1.35 bits per heavy atom. The van der Waals surface area contributed by atoms with Gasteiger partial charge in [0.05, 0.1) is 12.8 Å². The van der Waals surface area contributed by atoms with Crippen molar-refractivity contribution in [1.82, 2.24) is 9.97 Å². The van der Waals surface area contributed by atoms with Crippen LogP contribution in [0.1, 0.15) is 5.82 Å². The molecule has 17 heavy (non-hydrogen) atoms. The maximum Gasteiger partial charge on any atom is 0.165 e. The fourth-order valence-electron chi connectivity index (χ4n) is 1.46. The highest BCUT2D eigenvalue weighted by atomic mass is 19.1. The van der Waals surface area contributed by atoms with Gasteiger partial charge in [0, 0.05) is 11.8 Å². The molecule has 0 aliphatic heterocycles. The van der Waals surface area contributed by atoms with Gasteiger partial charge in [-0.2, -0.15) is 0 Å². The molecule has 5 heteroatoms. The Morgan fingerprint density at radius 3 is 2.82 bits per heavy atom. The van der Waals surface area contributed by atoms with Crippen molar-refractivity contribution >= 4 is 0 Å². The van der Waals surface area contributed by atoms with Gasteiger partial charge < -0.3 is 9.84 Å². The number of aromatic nitrogens is 2. The standard InChI is InChI=1S/C12H11FN2O2/c1-17-11-3-2-8(6-9(11)13)10-4-5-14-12(7-16)15-10/h2-6,16H,7H2,1H3. The van der Waals surface area contributed by atoms with Gasteiger partial charge in [-0.15, -0.1) is 0 Å². The number of hydrogen-bond acceptors (Lipinski definition) is 4. The number of nitrogens with zero attached hydrogens (tertiary/aromatic N) is 2. The average molecular weight is 234 g/mol. The Bertz CT molecular complexity index is 532. The van der Waals surface area contributed by atoms with E-state index in [0.717, 1.165) is 0 Å². The van der Waals surface area contributed by atoms with Gasteiger partial charge in [0.2, 0.25) is 0 Å². The van der Waals surface area contributed by atoms with Crippen LogP contribution < -0.4 is 4.74 Å². The van der Waals surface area contributed by atoms with Crippen LogP contribution in [0.25, 0.3) is 11.3 Å². The highest BCUT2D eigenvalue weighted by Crippen LogP contribution is 2.23. The van der Waals surface area contributed by atoms with E-state index in [2.05, 4.69) is 9.97 Å². The first kappa shape index (κ1) is 11.5. The summed E-state index contributed by atoms with van der Waals surface area (Å²) in [6.45, 7) is -0.244. The quantitative estimate of drug-likeness (QED) is 0.879. The summed E-state index contributed by atoms with van der Waals surface area (Å²) in [6.07, 6.45) is 1.52. The number of rotatable bonds is 3. The summed E-state index contributed by atoms with van der Waals surface area (Å²) in [5.41, 5.74) is 1.17. The summed E-state index contributed by atoms with van der Waals surface area (Å²) in [5, 5.41) is 8.93. The predicted octanol–water partition coefficient (Wildman–Crippen LogP) is 1.78. The molecule has 0 saturated heterocycles. The minimum atomic E-state index is -0.450. The van der Waals surface area contributed by atoms with Gasteiger partial charge in [0.15, 0.2) is 17.4 Å². The number of methoxy groups -OCH3 is 1. The lowest BCUT2D eigenvalue weighted by Crippen LogP contribution is -1.96. The lowest BCUT2D eigenvalue weighted by molar-refractivity contribution is 0.271. The SMILES string of the molecule is COc1ccc(-c2ccnc(CO)n2)cc1F. The van der Waals surface area contributed by atoms with Gasteiger partial charge in [-0.25, -0.2) is 14.4 Å². The monoisotopic (exact) mass is 234 g/mol. The van der Waals surface area contributed by atoms with Crippen LogP contribution >= 0.6 is 0 Å². The number of aliphatic hydroxyl groups is 1. The zero-order valence-corrected chi connectivity index (χ0v) is 9.22. The van der Waals surface area contributed by atoms with Gasteiger partial charge >= 0.3 is 0 Å². The van der Waals surface area contributed by atoms with E-state index < -0.39 is 5.82 Å². The third-order valence-corrected chi connectivity index (χ3v) is 2.29. The zero-order valence-electron chi connectivity index (χ0n) is 9.22. The molecule has 1 heterocycles. The Labute approximate surface area is 97.7 Å². The molecule has 88 valence electrons. The molecule has 0 aliphatic carbocycles. The topological polar surface area (TPSA) is 55.2 Å². The van der Waals surface area contributed by atoms with Gasteiger partial charge in [-0.3, -0.25) is 0 Å². The number of ether oxygens (including phenoxy) is 1. The second-order valence-electron chi connectivity index (χ2n) is 3.37. The molecule has 0 bridgehead atoms. The van der Waals surface area contributed by atoms with Crippen LogP contribution in [-0.2, 0) is 6.61 Å². The molecule has 0 saturated carbocycles. The summed E-state index contributed by atoms with van der Waals surface area (Å²) in [4.78, 5) is 7.95. The first-order chi connectivity index (χ1) is 8.24. The minimum Gasteiger partial charge on any atom is -0.494 e. The summed E-state index contributed by atoms with van der Waals surface area (Å²) >= 11 is 0. The van der Waals surface area contributed by atoms with Gasteiger partial charge in [0.25, 0.3) is 0 Å². The summed E-state index contributed by atoms with van der Waals surface area (Å²) in [7, 11) is 1.41. The van der Waals surface area contributed by atoms with E-state index in [4.69, 9.17) is 9.84 Å². The molecule has 2 aromatic rings. The highest BCUT2D eigenvalue weighted by Gasteiger charge is 2.06. The smallest absolute Gasteiger partial charge is 0.165 e. The fourth-order valence-corrected chi connectivity index (χ4v) is 1.46. The molecular formula is C12H11FN2O2.